The van der Waals surface area contributed by atoms with Crippen LogP contribution in [0.3, 0.4) is 0 Å². The third-order valence-corrected chi connectivity index (χ3v) is 4.42. The van der Waals surface area contributed by atoms with Gasteiger partial charge < -0.3 is 5.32 Å². The Balaban J connectivity index is 2.11. The van der Waals surface area contributed by atoms with Gasteiger partial charge in [0.25, 0.3) is 5.91 Å². The maximum absolute atomic E-state index is 13.4. The molecule has 0 heterocycles. The van der Waals surface area contributed by atoms with E-state index in [0.717, 1.165) is 25.3 Å². The van der Waals surface area contributed by atoms with Crippen molar-refractivity contribution in [2.75, 3.05) is 6.26 Å². The quantitative estimate of drug-likeness (QED) is 0.866. The molecule has 0 radical (unpaired) electrons. The number of hydrogen-bond donors (Lipinski definition) is 1. The molecule has 0 spiro atoms. The van der Waals surface area contributed by atoms with E-state index in [2.05, 4.69) is 5.32 Å². The lowest BCUT2D eigenvalue weighted by atomic mass is 10.1. The van der Waals surface area contributed by atoms with Crippen LogP contribution in [-0.4, -0.2) is 23.5 Å². The van der Waals surface area contributed by atoms with Crippen LogP contribution >= 0.6 is 11.8 Å². The first kappa shape index (κ1) is 14.2. The number of carbonyl (C=O) groups is 1. The SMILES string of the molecule is CS[C@H]1CC[C@H](NC(=O)c2c(F)ccc(F)c2F)C1. The van der Waals surface area contributed by atoms with Crippen LogP contribution in [0.1, 0.15) is 29.6 Å². The molecule has 0 aromatic heterocycles. The van der Waals surface area contributed by atoms with E-state index in [4.69, 9.17) is 0 Å². The number of nitrogens with one attached hydrogen (secondary N) is 1. The molecular formula is C13H14F3NOS. The maximum atomic E-state index is 13.4. The summed E-state index contributed by atoms with van der Waals surface area (Å²) in [6.45, 7) is 0. The fraction of sp³-hybridized carbons (Fsp3) is 0.462. The average molecular weight is 289 g/mol. The number of benzene rings is 1. The van der Waals surface area contributed by atoms with E-state index in [9.17, 15) is 18.0 Å². The Morgan fingerprint density at radius 3 is 2.58 bits per heavy atom. The van der Waals surface area contributed by atoms with Crippen LogP contribution in [-0.2, 0) is 0 Å². The van der Waals surface area contributed by atoms with Crippen LogP contribution < -0.4 is 5.32 Å². The standard InChI is InChI=1S/C13H14F3NOS/c1-19-8-3-2-7(6-8)17-13(18)11-9(14)4-5-10(15)12(11)16/h4-5,7-8H,2-3,6H2,1H3,(H,17,18)/t7-,8-/m0/s1. The zero-order valence-corrected chi connectivity index (χ0v) is 11.2. The predicted octanol–water partition coefficient (Wildman–Crippen LogP) is 3.12. The first-order chi connectivity index (χ1) is 9.02. The summed E-state index contributed by atoms with van der Waals surface area (Å²) in [5.74, 6) is -4.59. The number of carbonyl (C=O) groups excluding carboxylic acids is 1. The van der Waals surface area contributed by atoms with Crippen LogP contribution in [0.25, 0.3) is 0 Å². The number of rotatable bonds is 3. The van der Waals surface area contributed by atoms with E-state index < -0.39 is 28.9 Å². The second-order valence-corrected chi connectivity index (χ2v) is 5.70. The van der Waals surface area contributed by atoms with Gasteiger partial charge in [-0.05, 0) is 37.7 Å². The topological polar surface area (TPSA) is 29.1 Å². The van der Waals surface area contributed by atoms with Crippen molar-refractivity contribution in [3.8, 4) is 0 Å². The minimum absolute atomic E-state index is 0.105. The van der Waals surface area contributed by atoms with Crippen LogP contribution in [0, 0.1) is 17.5 Å². The molecule has 1 saturated carbocycles. The van der Waals surface area contributed by atoms with Crippen molar-refractivity contribution in [1.29, 1.82) is 0 Å². The summed E-state index contributed by atoms with van der Waals surface area (Å²) in [5, 5.41) is 3.02. The van der Waals surface area contributed by atoms with Crippen molar-refractivity contribution in [1.82, 2.24) is 5.32 Å². The van der Waals surface area contributed by atoms with Gasteiger partial charge in [0.1, 0.15) is 11.4 Å². The molecule has 1 fully saturated rings. The van der Waals surface area contributed by atoms with Gasteiger partial charge in [-0.1, -0.05) is 0 Å². The van der Waals surface area contributed by atoms with E-state index in [1.807, 2.05) is 6.26 Å². The lowest BCUT2D eigenvalue weighted by Crippen LogP contribution is -2.34. The molecule has 6 heteroatoms. The van der Waals surface area contributed by atoms with Crippen molar-refractivity contribution in [2.45, 2.75) is 30.6 Å². The smallest absolute Gasteiger partial charge is 0.257 e. The zero-order valence-electron chi connectivity index (χ0n) is 10.4. The van der Waals surface area contributed by atoms with Gasteiger partial charge in [-0.3, -0.25) is 4.79 Å². The molecule has 1 aromatic carbocycles. The van der Waals surface area contributed by atoms with Crippen LogP contribution in [0.4, 0.5) is 13.2 Å². The summed E-state index contributed by atoms with van der Waals surface area (Å²) >= 11 is 1.71. The molecule has 0 bridgehead atoms. The molecule has 1 aromatic rings. The highest BCUT2D eigenvalue weighted by Crippen LogP contribution is 2.28. The zero-order chi connectivity index (χ0) is 14.0. The summed E-state index contributed by atoms with van der Waals surface area (Å²) in [6.07, 6.45) is 4.49. The fourth-order valence-electron chi connectivity index (χ4n) is 2.28. The highest BCUT2D eigenvalue weighted by Gasteiger charge is 2.28. The first-order valence-corrected chi connectivity index (χ1v) is 7.29. The molecule has 0 saturated heterocycles. The summed E-state index contributed by atoms with van der Waals surface area (Å²) in [6, 6.07) is 1.32. The second kappa shape index (κ2) is 5.86. The second-order valence-electron chi connectivity index (χ2n) is 4.56. The van der Waals surface area contributed by atoms with Crippen molar-refractivity contribution < 1.29 is 18.0 Å². The molecule has 1 amide bonds. The van der Waals surface area contributed by atoms with Gasteiger partial charge in [0, 0.05) is 11.3 Å². The van der Waals surface area contributed by atoms with Crippen molar-refractivity contribution in [2.24, 2.45) is 0 Å². The highest BCUT2D eigenvalue weighted by molar-refractivity contribution is 7.99. The van der Waals surface area contributed by atoms with Crippen LogP contribution in [0.2, 0.25) is 0 Å². The fourth-order valence-corrected chi connectivity index (χ4v) is 3.07. The third-order valence-electron chi connectivity index (χ3n) is 3.32. The summed E-state index contributed by atoms with van der Waals surface area (Å²) in [5.41, 5.74) is -0.840. The Morgan fingerprint density at radius 2 is 1.95 bits per heavy atom. The van der Waals surface area contributed by atoms with Crippen molar-refractivity contribution >= 4 is 17.7 Å². The molecule has 1 aliphatic carbocycles. The Labute approximate surface area is 113 Å². The Bertz CT molecular complexity index is 495. The predicted molar refractivity (Wildman–Crippen MR) is 68.7 cm³/mol. The van der Waals surface area contributed by atoms with E-state index >= 15 is 0 Å². The lowest BCUT2D eigenvalue weighted by molar-refractivity contribution is 0.0928. The Morgan fingerprint density at radius 1 is 1.26 bits per heavy atom. The molecule has 1 aliphatic rings. The molecule has 0 aliphatic heterocycles. The highest BCUT2D eigenvalue weighted by atomic mass is 32.2. The number of hydrogen-bond acceptors (Lipinski definition) is 2. The van der Waals surface area contributed by atoms with Gasteiger partial charge in [-0.25, -0.2) is 13.2 Å². The minimum Gasteiger partial charge on any atom is -0.349 e. The van der Waals surface area contributed by atoms with Gasteiger partial charge in [-0.15, -0.1) is 0 Å². The van der Waals surface area contributed by atoms with Gasteiger partial charge >= 0.3 is 0 Å². The summed E-state index contributed by atoms with van der Waals surface area (Å²) in [4.78, 5) is 11.8. The number of halogens is 3. The first-order valence-electron chi connectivity index (χ1n) is 6.00. The molecule has 0 unspecified atom stereocenters. The van der Waals surface area contributed by atoms with Crippen LogP contribution in [0.15, 0.2) is 12.1 Å². The number of thioether (sulfide) groups is 1. The normalized spacial score (nSPS) is 22.5. The average Bonchev–Trinajstić information content (AvgIpc) is 2.82. The van der Waals surface area contributed by atoms with E-state index in [-0.39, 0.29) is 6.04 Å². The van der Waals surface area contributed by atoms with Gasteiger partial charge in [0.05, 0.1) is 0 Å². The minimum atomic E-state index is -1.43. The van der Waals surface area contributed by atoms with Gasteiger partial charge in [-0.2, -0.15) is 11.8 Å². The molecule has 104 valence electrons. The Hall–Kier alpha value is -1.17. The Kier molecular flexibility index (Phi) is 4.39. The van der Waals surface area contributed by atoms with Crippen molar-refractivity contribution in [3.63, 3.8) is 0 Å². The molecule has 2 nitrogen and oxygen atoms in total. The lowest BCUT2D eigenvalue weighted by Gasteiger charge is -2.13. The van der Waals surface area contributed by atoms with Crippen LogP contribution in [0.5, 0.6) is 0 Å². The largest absolute Gasteiger partial charge is 0.349 e. The van der Waals surface area contributed by atoms with E-state index in [1.54, 1.807) is 11.8 Å². The molecular weight excluding hydrogens is 275 g/mol. The summed E-state index contributed by atoms with van der Waals surface area (Å²) < 4.78 is 39.9. The van der Waals surface area contributed by atoms with E-state index in [1.165, 1.54) is 0 Å². The van der Waals surface area contributed by atoms with E-state index in [0.29, 0.717) is 11.3 Å². The number of amides is 1. The monoisotopic (exact) mass is 289 g/mol. The summed E-state index contributed by atoms with van der Waals surface area (Å²) in [7, 11) is 0. The van der Waals surface area contributed by atoms with Gasteiger partial charge in [0.15, 0.2) is 11.6 Å². The molecule has 1 N–H and O–H groups in total. The molecule has 2 rings (SSSR count). The maximum Gasteiger partial charge on any atom is 0.257 e. The molecule has 2 atom stereocenters. The van der Waals surface area contributed by atoms with Crippen molar-refractivity contribution in [3.05, 3.63) is 35.1 Å². The van der Waals surface area contributed by atoms with Gasteiger partial charge in [0.2, 0.25) is 0 Å². The molecule has 19 heavy (non-hydrogen) atoms. The third kappa shape index (κ3) is 3.05.